The number of hydrogen-bond acceptors (Lipinski definition) is 12. The third-order valence-electron chi connectivity index (χ3n) is 6.36. The Labute approximate surface area is 226 Å². The molecule has 0 aromatic heterocycles. The normalized spacial score (nSPS) is 25.1. The molecule has 0 aromatic carbocycles. The average Bonchev–Trinajstić information content (AvgIpc) is 2.84. The van der Waals surface area contributed by atoms with Crippen molar-refractivity contribution < 1.29 is 64.4 Å². The van der Waals surface area contributed by atoms with Gasteiger partial charge in [-0.05, 0) is 6.42 Å². The van der Waals surface area contributed by atoms with Gasteiger partial charge in [0.2, 0.25) is 5.79 Å². The zero-order valence-electron chi connectivity index (χ0n) is 22.2. The van der Waals surface area contributed by atoms with Gasteiger partial charge in [0.05, 0.1) is 32.8 Å². The number of aliphatic carboxylic acids is 3. The Morgan fingerprint density at radius 1 is 0.769 bits per heavy atom. The molecule has 15 heteroatoms. The van der Waals surface area contributed by atoms with Crippen LogP contribution in [0.25, 0.3) is 0 Å². The summed E-state index contributed by atoms with van der Waals surface area (Å²) in [6.07, 6.45) is -1.78. The maximum atomic E-state index is 13.0. The van der Waals surface area contributed by atoms with E-state index < -0.39 is 86.9 Å². The van der Waals surface area contributed by atoms with Crippen LogP contribution in [-0.2, 0) is 28.7 Å². The lowest BCUT2D eigenvalue weighted by molar-refractivity contribution is -0.354. The van der Waals surface area contributed by atoms with E-state index in [0.717, 1.165) is 35.5 Å². The number of carboxylic acids is 3. The van der Waals surface area contributed by atoms with Crippen molar-refractivity contribution in [3.63, 3.8) is 0 Å². The number of carbonyl (C=O) groups excluding carboxylic acids is 1. The highest BCUT2D eigenvalue weighted by atomic mass is 16.7. The maximum Gasteiger partial charge on any atom is 0.322 e. The van der Waals surface area contributed by atoms with Crippen LogP contribution in [0.4, 0.5) is 0 Å². The van der Waals surface area contributed by atoms with Gasteiger partial charge >= 0.3 is 23.9 Å². The van der Waals surface area contributed by atoms with Crippen LogP contribution in [0.1, 0.15) is 51.9 Å². The molecule has 0 bridgehead atoms. The maximum absolute atomic E-state index is 13.0. The van der Waals surface area contributed by atoms with Crippen LogP contribution in [0.15, 0.2) is 0 Å². The lowest BCUT2D eigenvalue weighted by Gasteiger charge is -2.47. The van der Waals surface area contributed by atoms with E-state index in [1.54, 1.807) is 0 Å². The molecule has 0 aliphatic carbocycles. The van der Waals surface area contributed by atoms with Crippen molar-refractivity contribution in [2.75, 3.05) is 45.9 Å². The number of aliphatic hydroxyl groups excluding tert-OH is 4. The van der Waals surface area contributed by atoms with Crippen molar-refractivity contribution in [2.45, 2.75) is 82.1 Å². The fourth-order valence-corrected chi connectivity index (χ4v) is 4.39. The van der Waals surface area contributed by atoms with Crippen LogP contribution in [0.5, 0.6) is 0 Å². The van der Waals surface area contributed by atoms with Gasteiger partial charge in [-0.3, -0.25) is 29.0 Å². The minimum Gasteiger partial charge on any atom is -0.480 e. The van der Waals surface area contributed by atoms with Gasteiger partial charge in [0.15, 0.2) is 0 Å². The zero-order valence-corrected chi connectivity index (χ0v) is 22.2. The van der Waals surface area contributed by atoms with Gasteiger partial charge in [0.25, 0.3) is 0 Å². The lowest BCUT2D eigenvalue weighted by Crippen LogP contribution is -2.66. The molecule has 1 heterocycles. The Hall–Kier alpha value is -2.40. The molecule has 1 fully saturated rings. The summed E-state index contributed by atoms with van der Waals surface area (Å²) in [5, 5.41) is 68.1. The molecule has 15 nitrogen and oxygen atoms in total. The fourth-order valence-electron chi connectivity index (χ4n) is 4.39. The average molecular weight is 567 g/mol. The largest absolute Gasteiger partial charge is 0.480 e. The number of nitrogens with zero attached hydrogens (tertiary/aromatic N) is 2. The van der Waals surface area contributed by atoms with Gasteiger partial charge in [0, 0.05) is 19.5 Å². The molecule has 226 valence electrons. The number of ether oxygens (including phenoxy) is 2. The van der Waals surface area contributed by atoms with Gasteiger partial charge in [-0.15, -0.1) is 0 Å². The summed E-state index contributed by atoms with van der Waals surface area (Å²) in [6.45, 7) is -1.66. The minimum absolute atomic E-state index is 0.0732. The van der Waals surface area contributed by atoms with Crippen molar-refractivity contribution in [2.24, 2.45) is 0 Å². The quantitative estimate of drug-likeness (QED) is 0.0643. The van der Waals surface area contributed by atoms with E-state index in [4.69, 9.17) is 19.7 Å². The number of unbranched alkanes of at least 4 members (excludes halogenated alkanes) is 5. The smallest absolute Gasteiger partial charge is 0.322 e. The first-order valence-corrected chi connectivity index (χ1v) is 13.0. The first kappa shape index (κ1) is 34.6. The lowest BCUT2D eigenvalue weighted by atomic mass is 9.89. The Kier molecular flexibility index (Phi) is 15.4. The van der Waals surface area contributed by atoms with E-state index in [1.165, 1.54) is 0 Å². The predicted octanol–water partition coefficient (Wildman–Crippen LogP) is -1.69. The molecule has 1 aliphatic heterocycles. The summed E-state index contributed by atoms with van der Waals surface area (Å²) in [6, 6.07) is 0. The number of aliphatic hydroxyl groups is 4. The Morgan fingerprint density at radius 3 is 1.74 bits per heavy atom. The second-order valence-electron chi connectivity index (χ2n) is 9.67. The number of esters is 1. The summed E-state index contributed by atoms with van der Waals surface area (Å²) >= 11 is 0. The van der Waals surface area contributed by atoms with Gasteiger partial charge in [-0.25, -0.2) is 0 Å². The SMILES string of the molecule is CCCCCCCCC1(OC(=O)CN(CCN(CC(=O)O)CC(=O)O)CC(=O)O)O[C@H](CO)[C@@H](O)[C@H](O)[C@H]1O. The summed E-state index contributed by atoms with van der Waals surface area (Å²) in [5.41, 5.74) is 0. The molecule has 1 rings (SSSR count). The van der Waals surface area contributed by atoms with Crippen molar-refractivity contribution in [3.05, 3.63) is 0 Å². The van der Waals surface area contributed by atoms with Crippen LogP contribution >= 0.6 is 0 Å². The molecule has 0 amide bonds. The molecule has 0 aromatic rings. The summed E-state index contributed by atoms with van der Waals surface area (Å²) in [7, 11) is 0. The van der Waals surface area contributed by atoms with E-state index in [0.29, 0.717) is 12.8 Å². The highest BCUT2D eigenvalue weighted by molar-refractivity contribution is 5.74. The molecule has 5 atom stereocenters. The van der Waals surface area contributed by atoms with Crippen molar-refractivity contribution in [3.8, 4) is 0 Å². The molecule has 7 N–H and O–H groups in total. The van der Waals surface area contributed by atoms with E-state index >= 15 is 0 Å². The minimum atomic E-state index is -2.12. The second kappa shape index (κ2) is 17.3. The van der Waals surface area contributed by atoms with Gasteiger partial charge in [0.1, 0.15) is 24.4 Å². The van der Waals surface area contributed by atoms with Crippen LogP contribution in [0.2, 0.25) is 0 Å². The fraction of sp³-hybridized carbons (Fsp3) is 0.833. The van der Waals surface area contributed by atoms with E-state index in [-0.39, 0.29) is 19.5 Å². The molecule has 1 unspecified atom stereocenters. The highest BCUT2D eigenvalue weighted by Crippen LogP contribution is 2.36. The van der Waals surface area contributed by atoms with Crippen LogP contribution < -0.4 is 0 Å². The molecule has 0 radical (unpaired) electrons. The molecule has 0 saturated carbocycles. The number of rotatable bonds is 20. The first-order chi connectivity index (χ1) is 18.3. The summed E-state index contributed by atoms with van der Waals surface area (Å²) in [5.74, 6) is -7.08. The Bertz CT molecular complexity index is 780. The summed E-state index contributed by atoms with van der Waals surface area (Å²) < 4.78 is 11.1. The Morgan fingerprint density at radius 2 is 1.26 bits per heavy atom. The monoisotopic (exact) mass is 566 g/mol. The topological polar surface area (TPSA) is 235 Å². The van der Waals surface area contributed by atoms with Crippen LogP contribution in [0, 0.1) is 0 Å². The molecule has 1 aliphatic rings. The van der Waals surface area contributed by atoms with Crippen LogP contribution in [-0.4, -0.2) is 146 Å². The third kappa shape index (κ3) is 12.1. The number of hydrogen-bond donors (Lipinski definition) is 7. The molecule has 0 spiro atoms. The standard InChI is InChI=1S/C24H42N2O13/c1-2-3-4-5-6-7-8-24(23(37)22(36)21(35)16(15-27)38-24)39-20(34)14-26(13-19(32)33)10-9-25(11-17(28)29)12-18(30)31/h16,21-23,27,35-37H,2-15H2,1H3,(H,28,29)(H,30,31)(H,32,33)/t16-,21-,22+,23-,24?/m1/s1. The van der Waals surface area contributed by atoms with Crippen molar-refractivity contribution in [1.82, 2.24) is 9.80 Å². The van der Waals surface area contributed by atoms with E-state index in [9.17, 15) is 44.7 Å². The van der Waals surface area contributed by atoms with Crippen molar-refractivity contribution >= 4 is 23.9 Å². The third-order valence-corrected chi connectivity index (χ3v) is 6.36. The van der Waals surface area contributed by atoms with Crippen molar-refractivity contribution in [1.29, 1.82) is 0 Å². The van der Waals surface area contributed by atoms with Gasteiger partial charge < -0.3 is 45.2 Å². The molecule has 1 saturated heterocycles. The highest BCUT2D eigenvalue weighted by Gasteiger charge is 2.55. The first-order valence-electron chi connectivity index (χ1n) is 13.0. The second-order valence-corrected chi connectivity index (χ2v) is 9.67. The molecule has 39 heavy (non-hydrogen) atoms. The van der Waals surface area contributed by atoms with Crippen LogP contribution in [0.3, 0.4) is 0 Å². The zero-order chi connectivity index (χ0) is 29.6. The van der Waals surface area contributed by atoms with E-state index in [2.05, 4.69) is 6.92 Å². The van der Waals surface area contributed by atoms with E-state index in [1.807, 2.05) is 0 Å². The summed E-state index contributed by atoms with van der Waals surface area (Å²) in [4.78, 5) is 48.5. The Balaban J connectivity index is 3.02. The molecular weight excluding hydrogens is 524 g/mol. The number of carboxylic acid groups (broad SMARTS) is 3. The van der Waals surface area contributed by atoms with Gasteiger partial charge in [-0.2, -0.15) is 0 Å². The van der Waals surface area contributed by atoms with Gasteiger partial charge in [-0.1, -0.05) is 39.0 Å². The number of carbonyl (C=O) groups is 4. The molecular formula is C24H42N2O13. The predicted molar refractivity (Wildman–Crippen MR) is 133 cm³/mol.